The Kier molecular flexibility index (Phi) is 3.59. The van der Waals surface area contributed by atoms with Gasteiger partial charge in [0.05, 0.1) is 17.2 Å². The summed E-state index contributed by atoms with van der Waals surface area (Å²) in [7, 11) is 0. The van der Waals surface area contributed by atoms with Crippen molar-refractivity contribution in [2.24, 2.45) is 0 Å². The zero-order valence-corrected chi connectivity index (χ0v) is 13.1. The molecule has 4 aromatic rings. The lowest BCUT2D eigenvalue weighted by Gasteiger charge is -2.03. The van der Waals surface area contributed by atoms with Crippen LogP contribution in [0, 0.1) is 0 Å². The maximum Gasteiger partial charge on any atom is 0.261 e. The first-order valence-electron chi connectivity index (χ1n) is 7.23. The van der Waals surface area contributed by atoms with E-state index in [-0.39, 0.29) is 12.1 Å². The Morgan fingerprint density at radius 1 is 1.12 bits per heavy atom. The summed E-state index contributed by atoms with van der Waals surface area (Å²) in [5, 5.41) is 4.98. The second kappa shape index (κ2) is 5.90. The highest BCUT2D eigenvalue weighted by molar-refractivity contribution is 6.31. The summed E-state index contributed by atoms with van der Waals surface area (Å²) in [5.74, 6) is 0.824. The highest BCUT2D eigenvalue weighted by Gasteiger charge is 2.11. The number of aromatic nitrogens is 4. The molecule has 0 N–H and O–H groups in total. The van der Waals surface area contributed by atoms with Crippen molar-refractivity contribution in [3.63, 3.8) is 0 Å². The zero-order valence-electron chi connectivity index (χ0n) is 12.4. The van der Waals surface area contributed by atoms with E-state index < -0.39 is 0 Å². The summed E-state index contributed by atoms with van der Waals surface area (Å²) >= 11 is 5.92. The van der Waals surface area contributed by atoms with Crippen molar-refractivity contribution in [2.45, 2.75) is 6.54 Å². The second-order valence-corrected chi connectivity index (χ2v) is 5.65. The molecule has 0 unspecified atom stereocenters. The van der Waals surface area contributed by atoms with Gasteiger partial charge in [-0.3, -0.25) is 9.36 Å². The summed E-state index contributed by atoms with van der Waals surface area (Å²) in [6.45, 7) is 0.157. The van der Waals surface area contributed by atoms with E-state index in [0.29, 0.717) is 27.6 Å². The Morgan fingerprint density at radius 3 is 2.79 bits per heavy atom. The van der Waals surface area contributed by atoms with Crippen molar-refractivity contribution in [3.05, 3.63) is 76.1 Å². The van der Waals surface area contributed by atoms with E-state index in [1.807, 2.05) is 30.3 Å². The lowest BCUT2D eigenvalue weighted by Crippen LogP contribution is -2.21. The molecule has 2 heterocycles. The van der Waals surface area contributed by atoms with Gasteiger partial charge in [-0.2, -0.15) is 4.98 Å². The second-order valence-electron chi connectivity index (χ2n) is 5.22. The molecule has 0 fully saturated rings. The first-order valence-corrected chi connectivity index (χ1v) is 7.61. The van der Waals surface area contributed by atoms with Gasteiger partial charge in [0.1, 0.15) is 6.54 Å². The highest BCUT2D eigenvalue weighted by atomic mass is 35.5. The molecular weight excluding hydrogens is 328 g/mol. The molecule has 0 atom stereocenters. The molecule has 0 aliphatic rings. The quantitative estimate of drug-likeness (QED) is 0.573. The summed E-state index contributed by atoms with van der Waals surface area (Å²) in [6, 6.07) is 14.5. The fraction of sp³-hybridized carbons (Fsp3) is 0.0588. The fourth-order valence-corrected chi connectivity index (χ4v) is 2.58. The third-order valence-corrected chi connectivity index (χ3v) is 3.83. The molecular formula is C17H11ClN4O2. The molecule has 118 valence electrons. The fourth-order valence-electron chi connectivity index (χ4n) is 2.41. The Bertz CT molecular complexity index is 1070. The number of fused-ring (bicyclic) bond motifs is 1. The SMILES string of the molecule is O=c1c2ccc(Cl)cc2ncn1Cc1nc(-c2ccccc2)no1. The Labute approximate surface area is 141 Å². The van der Waals surface area contributed by atoms with Gasteiger partial charge in [-0.25, -0.2) is 4.98 Å². The summed E-state index contributed by atoms with van der Waals surface area (Å²) < 4.78 is 6.67. The average molecular weight is 339 g/mol. The van der Waals surface area contributed by atoms with Crippen LogP contribution in [0.3, 0.4) is 0 Å². The maximum atomic E-state index is 12.5. The predicted octanol–water partition coefficient (Wildman–Crippen LogP) is 3.15. The average Bonchev–Trinajstić information content (AvgIpc) is 3.07. The van der Waals surface area contributed by atoms with Gasteiger partial charge in [0.2, 0.25) is 11.7 Å². The van der Waals surface area contributed by atoms with Gasteiger partial charge in [0, 0.05) is 10.6 Å². The Hall–Kier alpha value is -2.99. The molecule has 2 aromatic carbocycles. The first kappa shape index (κ1) is 14.6. The van der Waals surface area contributed by atoms with Crippen LogP contribution in [0.2, 0.25) is 5.02 Å². The molecule has 4 rings (SSSR count). The van der Waals surface area contributed by atoms with Crippen LogP contribution in [-0.2, 0) is 6.54 Å². The lowest BCUT2D eigenvalue weighted by molar-refractivity contribution is 0.369. The van der Waals surface area contributed by atoms with E-state index in [1.165, 1.54) is 10.9 Å². The third kappa shape index (κ3) is 2.68. The van der Waals surface area contributed by atoms with Gasteiger partial charge in [0.25, 0.3) is 5.56 Å². The van der Waals surface area contributed by atoms with Crippen molar-refractivity contribution in [1.29, 1.82) is 0 Å². The van der Waals surface area contributed by atoms with Crippen LogP contribution in [0.4, 0.5) is 0 Å². The van der Waals surface area contributed by atoms with Crippen LogP contribution in [-0.4, -0.2) is 19.7 Å². The predicted molar refractivity (Wildman–Crippen MR) is 89.8 cm³/mol. The number of nitrogens with zero attached hydrogens (tertiary/aromatic N) is 4. The van der Waals surface area contributed by atoms with E-state index in [2.05, 4.69) is 15.1 Å². The molecule has 6 nitrogen and oxygen atoms in total. The van der Waals surface area contributed by atoms with Crippen molar-refractivity contribution < 1.29 is 4.52 Å². The van der Waals surface area contributed by atoms with Crippen molar-refractivity contribution in [3.8, 4) is 11.4 Å². The van der Waals surface area contributed by atoms with Gasteiger partial charge in [-0.05, 0) is 18.2 Å². The molecule has 0 spiro atoms. The zero-order chi connectivity index (χ0) is 16.5. The molecule has 0 saturated heterocycles. The van der Waals surface area contributed by atoms with Crippen LogP contribution in [0.15, 0.2) is 64.2 Å². The highest BCUT2D eigenvalue weighted by Crippen LogP contribution is 2.16. The van der Waals surface area contributed by atoms with E-state index in [1.54, 1.807) is 18.2 Å². The lowest BCUT2D eigenvalue weighted by atomic mass is 10.2. The molecule has 0 radical (unpaired) electrons. The third-order valence-electron chi connectivity index (χ3n) is 3.59. The van der Waals surface area contributed by atoms with Crippen molar-refractivity contribution in [2.75, 3.05) is 0 Å². The summed E-state index contributed by atoms with van der Waals surface area (Å²) in [5.41, 5.74) is 1.22. The summed E-state index contributed by atoms with van der Waals surface area (Å²) in [4.78, 5) is 21.1. The topological polar surface area (TPSA) is 73.8 Å². The molecule has 0 aliphatic heterocycles. The number of hydrogen-bond acceptors (Lipinski definition) is 5. The van der Waals surface area contributed by atoms with E-state index in [4.69, 9.17) is 16.1 Å². The smallest absolute Gasteiger partial charge is 0.261 e. The molecule has 0 aliphatic carbocycles. The van der Waals surface area contributed by atoms with Crippen LogP contribution >= 0.6 is 11.6 Å². The molecule has 24 heavy (non-hydrogen) atoms. The number of benzene rings is 2. The van der Waals surface area contributed by atoms with Crippen LogP contribution in [0.25, 0.3) is 22.3 Å². The largest absolute Gasteiger partial charge is 0.337 e. The van der Waals surface area contributed by atoms with E-state index >= 15 is 0 Å². The molecule has 0 bridgehead atoms. The van der Waals surface area contributed by atoms with Crippen molar-refractivity contribution >= 4 is 22.5 Å². The first-order chi connectivity index (χ1) is 11.7. The van der Waals surface area contributed by atoms with Crippen LogP contribution in [0.5, 0.6) is 0 Å². The van der Waals surface area contributed by atoms with Gasteiger partial charge in [0.15, 0.2) is 0 Å². The van der Waals surface area contributed by atoms with Gasteiger partial charge >= 0.3 is 0 Å². The monoisotopic (exact) mass is 338 g/mol. The van der Waals surface area contributed by atoms with E-state index in [0.717, 1.165) is 5.56 Å². The maximum absolute atomic E-state index is 12.5. The Balaban J connectivity index is 1.68. The minimum absolute atomic E-state index is 0.157. The summed E-state index contributed by atoms with van der Waals surface area (Å²) in [6.07, 6.45) is 1.45. The van der Waals surface area contributed by atoms with Crippen molar-refractivity contribution in [1.82, 2.24) is 19.7 Å². The Morgan fingerprint density at radius 2 is 1.96 bits per heavy atom. The number of hydrogen-bond donors (Lipinski definition) is 0. The standard InChI is InChI=1S/C17H11ClN4O2/c18-12-6-7-13-14(8-12)19-10-22(17(13)23)9-15-20-16(21-24-15)11-4-2-1-3-5-11/h1-8,10H,9H2. The van der Waals surface area contributed by atoms with Gasteiger partial charge in [-0.15, -0.1) is 0 Å². The van der Waals surface area contributed by atoms with Gasteiger partial charge in [-0.1, -0.05) is 47.1 Å². The van der Waals surface area contributed by atoms with Gasteiger partial charge < -0.3 is 4.52 Å². The molecule has 0 saturated carbocycles. The molecule has 7 heteroatoms. The minimum atomic E-state index is -0.184. The van der Waals surface area contributed by atoms with Crippen LogP contribution in [0.1, 0.15) is 5.89 Å². The normalized spacial score (nSPS) is 11.0. The molecule has 0 amide bonds. The number of halogens is 1. The minimum Gasteiger partial charge on any atom is -0.337 e. The molecule has 2 aromatic heterocycles. The van der Waals surface area contributed by atoms with E-state index in [9.17, 15) is 4.79 Å². The number of rotatable bonds is 3. The van der Waals surface area contributed by atoms with Crippen LogP contribution < -0.4 is 5.56 Å².